The van der Waals surface area contributed by atoms with Gasteiger partial charge in [-0.05, 0) is 62.6 Å². The third kappa shape index (κ3) is 2.82. The summed E-state index contributed by atoms with van der Waals surface area (Å²) in [6.45, 7) is 7.42. The smallest absolute Gasteiger partial charge is 0.343 e. The van der Waals surface area contributed by atoms with Crippen molar-refractivity contribution in [2.24, 2.45) is 0 Å². The molecule has 2 rings (SSSR count). The van der Waals surface area contributed by atoms with E-state index in [4.69, 9.17) is 4.74 Å². The van der Waals surface area contributed by atoms with Crippen molar-refractivity contribution >= 4 is 5.97 Å². The minimum atomic E-state index is -0.414. The molecule has 0 bridgehead atoms. The monoisotopic (exact) mass is 270 g/mol. The lowest BCUT2D eigenvalue weighted by Crippen LogP contribution is -2.10. The molecule has 0 saturated carbocycles. The van der Waals surface area contributed by atoms with Crippen LogP contribution in [0.15, 0.2) is 30.3 Å². The number of aromatic hydroxyl groups is 1. The summed E-state index contributed by atoms with van der Waals surface area (Å²) >= 11 is 0. The fraction of sp³-hybridized carbons (Fsp3) is 0.235. The minimum Gasteiger partial charge on any atom is -0.507 e. The number of hydrogen-bond donors (Lipinski definition) is 1. The molecule has 2 aromatic carbocycles. The Kier molecular flexibility index (Phi) is 3.79. The van der Waals surface area contributed by atoms with E-state index in [1.165, 1.54) is 0 Å². The molecular weight excluding hydrogens is 252 g/mol. The van der Waals surface area contributed by atoms with Crippen LogP contribution in [0.1, 0.15) is 32.6 Å². The van der Waals surface area contributed by atoms with E-state index in [-0.39, 0.29) is 5.75 Å². The molecule has 0 aliphatic carbocycles. The molecule has 3 heteroatoms. The Balaban J connectivity index is 2.28. The van der Waals surface area contributed by atoms with Crippen molar-refractivity contribution in [1.82, 2.24) is 0 Å². The normalized spacial score (nSPS) is 10.4. The van der Waals surface area contributed by atoms with Gasteiger partial charge in [-0.2, -0.15) is 0 Å². The number of phenols is 1. The van der Waals surface area contributed by atoms with Crippen molar-refractivity contribution < 1.29 is 14.6 Å². The van der Waals surface area contributed by atoms with Gasteiger partial charge >= 0.3 is 5.97 Å². The molecule has 0 amide bonds. The van der Waals surface area contributed by atoms with Crippen molar-refractivity contribution in [2.75, 3.05) is 0 Å². The van der Waals surface area contributed by atoms with Gasteiger partial charge in [-0.1, -0.05) is 17.7 Å². The molecule has 3 nitrogen and oxygen atoms in total. The number of carbonyl (C=O) groups is 1. The van der Waals surface area contributed by atoms with Crippen molar-refractivity contribution in [1.29, 1.82) is 0 Å². The van der Waals surface area contributed by atoms with E-state index in [9.17, 15) is 9.90 Å². The maximum atomic E-state index is 12.2. The molecule has 1 N–H and O–H groups in total. The molecule has 0 saturated heterocycles. The molecule has 0 atom stereocenters. The van der Waals surface area contributed by atoms with Crippen LogP contribution in [0.3, 0.4) is 0 Å². The standard InChI is InChI=1S/C17H18O3/c1-10-5-6-15(11(2)7-10)20-17(19)14-8-12(3)16(18)13(4)9-14/h5-9,18H,1-4H3. The molecule has 0 radical (unpaired) electrons. The third-order valence-corrected chi connectivity index (χ3v) is 3.26. The lowest BCUT2D eigenvalue weighted by atomic mass is 10.1. The SMILES string of the molecule is Cc1ccc(OC(=O)c2cc(C)c(O)c(C)c2)c(C)c1. The maximum absolute atomic E-state index is 12.2. The second-order valence-corrected chi connectivity index (χ2v) is 5.12. The number of phenolic OH excluding ortho intramolecular Hbond substituents is 1. The number of aryl methyl sites for hydroxylation is 4. The summed E-state index contributed by atoms with van der Waals surface area (Å²) in [6.07, 6.45) is 0. The van der Waals surface area contributed by atoms with Gasteiger partial charge in [0, 0.05) is 0 Å². The van der Waals surface area contributed by atoms with Gasteiger partial charge < -0.3 is 9.84 Å². The van der Waals surface area contributed by atoms with Gasteiger partial charge in [0.25, 0.3) is 0 Å². The second kappa shape index (κ2) is 5.37. The van der Waals surface area contributed by atoms with Gasteiger partial charge in [-0.3, -0.25) is 0 Å². The zero-order chi connectivity index (χ0) is 14.9. The van der Waals surface area contributed by atoms with E-state index >= 15 is 0 Å². The van der Waals surface area contributed by atoms with E-state index in [1.807, 2.05) is 26.0 Å². The van der Waals surface area contributed by atoms with Crippen LogP contribution in [0.2, 0.25) is 0 Å². The molecule has 2 aromatic rings. The molecule has 20 heavy (non-hydrogen) atoms. The van der Waals surface area contributed by atoms with E-state index in [0.717, 1.165) is 11.1 Å². The van der Waals surface area contributed by atoms with E-state index in [2.05, 4.69) is 0 Å². The van der Waals surface area contributed by atoms with E-state index in [1.54, 1.807) is 32.0 Å². The summed E-state index contributed by atoms with van der Waals surface area (Å²) in [7, 11) is 0. The summed E-state index contributed by atoms with van der Waals surface area (Å²) in [6, 6.07) is 8.93. The molecule has 104 valence electrons. The highest BCUT2D eigenvalue weighted by molar-refractivity contribution is 5.92. The van der Waals surface area contributed by atoms with E-state index in [0.29, 0.717) is 22.4 Å². The quantitative estimate of drug-likeness (QED) is 0.666. The largest absolute Gasteiger partial charge is 0.507 e. The van der Waals surface area contributed by atoms with Gasteiger partial charge in [0.2, 0.25) is 0 Å². The predicted octanol–water partition coefficient (Wildman–Crippen LogP) is 3.85. The fourth-order valence-electron chi connectivity index (χ4n) is 2.15. The number of hydrogen-bond acceptors (Lipinski definition) is 3. The molecule has 0 spiro atoms. The Morgan fingerprint density at radius 2 is 1.55 bits per heavy atom. The van der Waals surface area contributed by atoms with Crippen molar-refractivity contribution in [3.8, 4) is 11.5 Å². The lowest BCUT2D eigenvalue weighted by molar-refractivity contribution is 0.0733. The van der Waals surface area contributed by atoms with Crippen LogP contribution in [0.4, 0.5) is 0 Å². The van der Waals surface area contributed by atoms with Gasteiger partial charge in [-0.15, -0.1) is 0 Å². The Labute approximate surface area is 118 Å². The number of ether oxygens (including phenoxy) is 1. The zero-order valence-electron chi connectivity index (χ0n) is 12.2. The first-order valence-corrected chi connectivity index (χ1v) is 6.48. The summed E-state index contributed by atoms with van der Waals surface area (Å²) in [5, 5.41) is 9.72. The van der Waals surface area contributed by atoms with Gasteiger partial charge in [0.1, 0.15) is 11.5 Å². The maximum Gasteiger partial charge on any atom is 0.343 e. The van der Waals surface area contributed by atoms with Crippen LogP contribution >= 0.6 is 0 Å². The fourth-order valence-corrected chi connectivity index (χ4v) is 2.15. The highest BCUT2D eigenvalue weighted by atomic mass is 16.5. The molecule has 0 aromatic heterocycles. The van der Waals surface area contributed by atoms with Gasteiger partial charge in [-0.25, -0.2) is 4.79 Å². The zero-order valence-corrected chi connectivity index (χ0v) is 12.2. The Morgan fingerprint density at radius 3 is 2.10 bits per heavy atom. The van der Waals surface area contributed by atoms with Gasteiger partial charge in [0.15, 0.2) is 0 Å². The summed E-state index contributed by atoms with van der Waals surface area (Å²) in [5.41, 5.74) is 3.82. The van der Waals surface area contributed by atoms with Crippen molar-refractivity contribution in [3.63, 3.8) is 0 Å². The summed E-state index contributed by atoms with van der Waals surface area (Å²) in [4.78, 5) is 12.2. The molecule has 0 aliphatic rings. The first-order chi connectivity index (χ1) is 9.38. The Hall–Kier alpha value is -2.29. The van der Waals surface area contributed by atoms with Crippen LogP contribution in [0.5, 0.6) is 11.5 Å². The number of rotatable bonds is 2. The average Bonchev–Trinajstić information content (AvgIpc) is 2.38. The first kappa shape index (κ1) is 14.1. The summed E-state index contributed by atoms with van der Waals surface area (Å²) < 4.78 is 5.42. The van der Waals surface area contributed by atoms with Crippen LogP contribution in [0, 0.1) is 27.7 Å². The average molecular weight is 270 g/mol. The molecule has 0 unspecified atom stereocenters. The molecular formula is C17H18O3. The van der Waals surface area contributed by atoms with Crippen LogP contribution in [-0.4, -0.2) is 11.1 Å². The van der Waals surface area contributed by atoms with E-state index < -0.39 is 5.97 Å². The number of benzene rings is 2. The summed E-state index contributed by atoms with van der Waals surface area (Å²) in [5.74, 6) is 0.361. The number of carbonyl (C=O) groups excluding carboxylic acids is 1. The minimum absolute atomic E-state index is 0.216. The van der Waals surface area contributed by atoms with Crippen LogP contribution < -0.4 is 4.74 Å². The van der Waals surface area contributed by atoms with Crippen molar-refractivity contribution in [3.05, 3.63) is 58.1 Å². The van der Waals surface area contributed by atoms with Gasteiger partial charge in [0.05, 0.1) is 5.56 Å². The van der Waals surface area contributed by atoms with Crippen molar-refractivity contribution in [2.45, 2.75) is 27.7 Å². The Bertz CT molecular complexity index is 649. The second-order valence-electron chi connectivity index (χ2n) is 5.12. The Morgan fingerprint density at radius 1 is 0.950 bits per heavy atom. The molecule has 0 aliphatic heterocycles. The molecule has 0 fully saturated rings. The first-order valence-electron chi connectivity index (χ1n) is 6.48. The van der Waals surface area contributed by atoms with Crippen LogP contribution in [-0.2, 0) is 0 Å². The highest BCUT2D eigenvalue weighted by Gasteiger charge is 2.13. The predicted molar refractivity (Wildman–Crippen MR) is 78.5 cm³/mol. The molecule has 0 heterocycles. The van der Waals surface area contributed by atoms with Crippen LogP contribution in [0.25, 0.3) is 0 Å². The highest BCUT2D eigenvalue weighted by Crippen LogP contribution is 2.25. The third-order valence-electron chi connectivity index (χ3n) is 3.26. The lowest BCUT2D eigenvalue weighted by Gasteiger charge is -2.10. The topological polar surface area (TPSA) is 46.5 Å². The number of esters is 1.